The fraction of sp³-hybridized carbons (Fsp3) is 0.538. The molecule has 6 nitrogen and oxygen atoms in total. The number of nitrogens with one attached hydrogen (secondary N) is 1. The van der Waals surface area contributed by atoms with Crippen molar-refractivity contribution >= 4 is 33.0 Å². The summed E-state index contributed by atoms with van der Waals surface area (Å²) >= 11 is 1.73. The van der Waals surface area contributed by atoms with Gasteiger partial charge in [-0.1, -0.05) is 12.5 Å². The summed E-state index contributed by atoms with van der Waals surface area (Å²) in [6, 6.07) is 4.52. The molecule has 0 aliphatic heterocycles. The number of nitro benzene ring substituents is 1. The van der Waals surface area contributed by atoms with Crippen LogP contribution < -0.4 is 5.32 Å². The quantitative estimate of drug-likeness (QED) is 0.659. The molecule has 0 aromatic heterocycles. The van der Waals surface area contributed by atoms with Gasteiger partial charge in [0, 0.05) is 17.5 Å². The molecule has 8 heteroatoms. The van der Waals surface area contributed by atoms with E-state index in [1.807, 2.05) is 6.26 Å². The first-order chi connectivity index (χ1) is 9.84. The van der Waals surface area contributed by atoms with Gasteiger partial charge in [0.2, 0.25) is 0 Å². The molecule has 116 valence electrons. The predicted molar refractivity (Wildman–Crippen MR) is 84.8 cm³/mol. The molecule has 0 amide bonds. The minimum atomic E-state index is -3.64. The number of anilines is 1. The second-order valence-corrected chi connectivity index (χ2v) is 8.20. The average molecular weight is 330 g/mol. The Labute approximate surface area is 128 Å². The lowest BCUT2D eigenvalue weighted by Crippen LogP contribution is -2.26. The summed E-state index contributed by atoms with van der Waals surface area (Å²) in [6.07, 6.45) is 6.08. The minimum Gasteiger partial charge on any atom is -0.376 e. The van der Waals surface area contributed by atoms with E-state index in [0.717, 1.165) is 25.5 Å². The summed E-state index contributed by atoms with van der Waals surface area (Å²) in [7, 11) is -3.64. The molecule has 1 aliphatic carbocycles. The van der Waals surface area contributed by atoms with E-state index in [1.54, 1.807) is 17.8 Å². The van der Waals surface area contributed by atoms with Crippen LogP contribution in [-0.2, 0) is 9.84 Å². The average Bonchev–Trinajstić information content (AvgIpc) is 2.84. The topological polar surface area (TPSA) is 89.3 Å². The minimum absolute atomic E-state index is 0.133. The highest BCUT2D eigenvalue weighted by Gasteiger charge is 2.31. The number of nitrogens with zero attached hydrogens (tertiary/aromatic N) is 1. The van der Waals surface area contributed by atoms with E-state index in [-0.39, 0.29) is 22.3 Å². The van der Waals surface area contributed by atoms with Crippen molar-refractivity contribution in [3.63, 3.8) is 0 Å². The molecule has 21 heavy (non-hydrogen) atoms. The maximum absolute atomic E-state index is 11.7. The van der Waals surface area contributed by atoms with E-state index in [1.165, 1.54) is 12.1 Å². The van der Waals surface area contributed by atoms with Crippen molar-refractivity contribution < 1.29 is 13.3 Å². The Kier molecular flexibility index (Phi) is 4.77. The highest BCUT2D eigenvalue weighted by atomic mass is 32.2. The summed E-state index contributed by atoms with van der Waals surface area (Å²) < 4.78 is 23.5. The fourth-order valence-corrected chi connectivity index (χ4v) is 4.50. The first kappa shape index (κ1) is 16.1. The number of hydrogen-bond acceptors (Lipinski definition) is 6. The number of para-hydroxylation sites is 1. The van der Waals surface area contributed by atoms with E-state index in [4.69, 9.17) is 0 Å². The van der Waals surface area contributed by atoms with Crippen molar-refractivity contribution in [1.29, 1.82) is 0 Å². The van der Waals surface area contributed by atoms with Gasteiger partial charge < -0.3 is 5.32 Å². The van der Waals surface area contributed by atoms with E-state index < -0.39 is 14.8 Å². The van der Waals surface area contributed by atoms with Crippen molar-refractivity contribution in [1.82, 2.24) is 0 Å². The Morgan fingerprint density at radius 1 is 1.38 bits per heavy atom. The molecule has 1 aromatic rings. The van der Waals surface area contributed by atoms with Crippen LogP contribution in [0.5, 0.6) is 0 Å². The van der Waals surface area contributed by atoms with Crippen molar-refractivity contribution in [3.8, 4) is 0 Å². The molecule has 1 fully saturated rings. The molecule has 0 saturated heterocycles. The number of hydrogen-bond donors (Lipinski definition) is 1. The monoisotopic (exact) mass is 330 g/mol. The maximum atomic E-state index is 11.7. The number of rotatable bonds is 5. The van der Waals surface area contributed by atoms with Gasteiger partial charge in [-0.05, 0) is 31.2 Å². The lowest BCUT2D eigenvalue weighted by Gasteiger charge is -2.20. The van der Waals surface area contributed by atoms with Gasteiger partial charge >= 0.3 is 5.69 Å². The van der Waals surface area contributed by atoms with Crippen LogP contribution in [0, 0.1) is 10.1 Å². The molecule has 1 saturated carbocycles. The van der Waals surface area contributed by atoms with Crippen molar-refractivity contribution in [3.05, 3.63) is 28.3 Å². The Balaban J connectivity index is 2.42. The van der Waals surface area contributed by atoms with E-state index >= 15 is 0 Å². The molecule has 0 spiro atoms. The predicted octanol–water partition coefficient (Wildman–Crippen LogP) is 2.69. The molecular weight excluding hydrogens is 312 g/mol. The van der Waals surface area contributed by atoms with Crippen LogP contribution in [0.2, 0.25) is 0 Å². The third-order valence-corrected chi connectivity index (χ3v) is 5.98. The molecule has 0 heterocycles. The van der Waals surface area contributed by atoms with Crippen LogP contribution in [-0.4, -0.2) is 37.1 Å². The largest absolute Gasteiger partial charge is 0.376 e. The number of nitro groups is 1. The second kappa shape index (κ2) is 6.23. The summed E-state index contributed by atoms with van der Waals surface area (Å²) in [6.45, 7) is 0. The van der Waals surface area contributed by atoms with Crippen LogP contribution in [0.25, 0.3) is 0 Å². The van der Waals surface area contributed by atoms with Gasteiger partial charge in [-0.25, -0.2) is 8.42 Å². The summed E-state index contributed by atoms with van der Waals surface area (Å²) in [5.41, 5.74) is -0.0689. The molecular formula is C13H18N2O4S2. The van der Waals surface area contributed by atoms with E-state index in [0.29, 0.717) is 5.25 Å². The Morgan fingerprint density at radius 3 is 2.67 bits per heavy atom. The first-order valence-corrected chi connectivity index (χ1v) is 9.79. The molecule has 1 aliphatic rings. The molecule has 1 N–H and O–H groups in total. The van der Waals surface area contributed by atoms with Crippen molar-refractivity contribution in [2.24, 2.45) is 0 Å². The van der Waals surface area contributed by atoms with Crippen molar-refractivity contribution in [2.75, 3.05) is 17.8 Å². The zero-order valence-corrected chi connectivity index (χ0v) is 13.5. The van der Waals surface area contributed by atoms with Crippen LogP contribution in [0.4, 0.5) is 11.4 Å². The Morgan fingerprint density at radius 2 is 2.10 bits per heavy atom. The summed E-state index contributed by atoms with van der Waals surface area (Å²) in [4.78, 5) is 10.4. The number of benzene rings is 1. The highest BCUT2D eigenvalue weighted by Crippen LogP contribution is 2.36. The van der Waals surface area contributed by atoms with Gasteiger partial charge in [-0.3, -0.25) is 10.1 Å². The van der Waals surface area contributed by atoms with Crippen molar-refractivity contribution in [2.45, 2.75) is 35.4 Å². The smallest absolute Gasteiger partial charge is 0.310 e. The normalized spacial score (nSPS) is 22.2. The molecule has 0 radical (unpaired) electrons. The molecule has 2 unspecified atom stereocenters. The lowest BCUT2D eigenvalue weighted by atomic mass is 10.2. The van der Waals surface area contributed by atoms with Gasteiger partial charge in [0.1, 0.15) is 10.6 Å². The SMILES string of the molecule is CSC1CCCC1Nc1cccc(S(C)(=O)=O)c1[N+](=O)[O-]. The first-order valence-electron chi connectivity index (χ1n) is 6.61. The van der Waals surface area contributed by atoms with E-state index in [9.17, 15) is 18.5 Å². The maximum Gasteiger partial charge on any atom is 0.310 e. The molecule has 1 aromatic carbocycles. The van der Waals surface area contributed by atoms with E-state index in [2.05, 4.69) is 5.32 Å². The van der Waals surface area contributed by atoms with Gasteiger partial charge in [0.05, 0.1) is 4.92 Å². The summed E-state index contributed by atoms with van der Waals surface area (Å²) in [5, 5.41) is 14.9. The molecule has 2 atom stereocenters. The molecule has 0 bridgehead atoms. The third kappa shape index (κ3) is 3.49. The van der Waals surface area contributed by atoms with Gasteiger partial charge in [-0.2, -0.15) is 11.8 Å². The van der Waals surface area contributed by atoms with Crippen LogP contribution in [0.3, 0.4) is 0 Å². The zero-order chi connectivity index (χ0) is 15.6. The second-order valence-electron chi connectivity index (χ2n) is 5.14. The third-order valence-electron chi connectivity index (χ3n) is 3.68. The van der Waals surface area contributed by atoms with Crippen LogP contribution >= 0.6 is 11.8 Å². The Hall–Kier alpha value is -1.28. The Bertz CT molecular complexity index is 646. The number of thioether (sulfide) groups is 1. The zero-order valence-electron chi connectivity index (χ0n) is 11.9. The van der Waals surface area contributed by atoms with Gasteiger partial charge in [0.25, 0.3) is 0 Å². The lowest BCUT2D eigenvalue weighted by molar-refractivity contribution is -0.386. The summed E-state index contributed by atoms with van der Waals surface area (Å²) in [5.74, 6) is 0. The van der Waals surface area contributed by atoms with Crippen LogP contribution in [0.1, 0.15) is 19.3 Å². The van der Waals surface area contributed by atoms with Gasteiger partial charge in [-0.15, -0.1) is 0 Å². The molecule has 2 rings (SSSR count). The number of sulfone groups is 1. The fourth-order valence-electron chi connectivity index (χ4n) is 2.70. The van der Waals surface area contributed by atoms with Gasteiger partial charge in [0.15, 0.2) is 9.84 Å². The van der Waals surface area contributed by atoms with Crippen LogP contribution in [0.15, 0.2) is 23.1 Å². The standard InChI is InChI=1S/C13H18N2O4S2/c1-20-11-7-3-5-9(11)14-10-6-4-8-12(21(2,18)19)13(10)15(16)17/h4,6,8-9,11,14H,3,5,7H2,1-2H3. The highest BCUT2D eigenvalue weighted by molar-refractivity contribution is 7.99.